The molecule has 7 heteroatoms. The fourth-order valence-corrected chi connectivity index (χ4v) is 1.70. The van der Waals surface area contributed by atoms with Gasteiger partial charge in [0.25, 0.3) is 0 Å². The summed E-state index contributed by atoms with van der Waals surface area (Å²) in [4.78, 5) is 22.9. The van der Waals surface area contributed by atoms with Crippen LogP contribution >= 0.6 is 0 Å². The summed E-state index contributed by atoms with van der Waals surface area (Å²) in [5.74, 6) is -5.34. The van der Waals surface area contributed by atoms with Crippen LogP contribution in [0.15, 0.2) is 24.3 Å². The fourth-order valence-electron chi connectivity index (χ4n) is 1.70. The van der Waals surface area contributed by atoms with Gasteiger partial charge in [0.2, 0.25) is 0 Å². The second-order valence-electron chi connectivity index (χ2n) is 5.85. The van der Waals surface area contributed by atoms with Crippen molar-refractivity contribution in [3.8, 4) is 0 Å². The second kappa shape index (κ2) is 7.39. The standard InChI is InChI=1S/C16H21F2NO4/c1-5-22-13(20)16(17,18)12-8-6-7-11(9-12)10-19-14(21)23-15(2,3)4/h6-9H,5,10H2,1-4H3,(H,19,21). The Bertz CT molecular complexity index is 567. The van der Waals surface area contributed by atoms with Crippen LogP contribution in [0.5, 0.6) is 0 Å². The third kappa shape index (κ3) is 5.84. The van der Waals surface area contributed by atoms with E-state index in [1.807, 2.05) is 0 Å². The molecule has 0 aromatic heterocycles. The van der Waals surface area contributed by atoms with Gasteiger partial charge in [0.1, 0.15) is 5.60 Å². The van der Waals surface area contributed by atoms with Crippen LogP contribution in [0.25, 0.3) is 0 Å². The molecule has 128 valence electrons. The van der Waals surface area contributed by atoms with Gasteiger partial charge in [0.15, 0.2) is 0 Å². The SMILES string of the molecule is CCOC(=O)C(F)(F)c1cccc(CNC(=O)OC(C)(C)C)c1. The van der Waals surface area contributed by atoms with Gasteiger partial charge >= 0.3 is 18.0 Å². The Labute approximate surface area is 134 Å². The molecule has 1 N–H and O–H groups in total. The Hall–Kier alpha value is -2.18. The lowest BCUT2D eigenvalue weighted by Crippen LogP contribution is -2.32. The van der Waals surface area contributed by atoms with Crippen LogP contribution in [0.4, 0.5) is 13.6 Å². The molecule has 0 heterocycles. The molecule has 0 fully saturated rings. The Morgan fingerprint density at radius 1 is 1.22 bits per heavy atom. The normalized spacial score (nSPS) is 11.7. The third-order valence-corrected chi connectivity index (χ3v) is 2.66. The van der Waals surface area contributed by atoms with E-state index >= 15 is 0 Å². The van der Waals surface area contributed by atoms with Crippen molar-refractivity contribution in [1.82, 2.24) is 5.32 Å². The van der Waals surface area contributed by atoms with E-state index in [-0.39, 0.29) is 13.2 Å². The topological polar surface area (TPSA) is 64.6 Å². The van der Waals surface area contributed by atoms with Crippen molar-refractivity contribution < 1.29 is 27.8 Å². The molecular formula is C16H21F2NO4. The molecule has 0 radical (unpaired) electrons. The van der Waals surface area contributed by atoms with E-state index in [4.69, 9.17) is 4.74 Å². The van der Waals surface area contributed by atoms with Crippen LogP contribution < -0.4 is 5.32 Å². The highest BCUT2D eigenvalue weighted by Gasteiger charge is 2.42. The summed E-state index contributed by atoms with van der Waals surface area (Å²) in [6, 6.07) is 5.22. The number of rotatable bonds is 5. The zero-order valence-electron chi connectivity index (χ0n) is 13.6. The van der Waals surface area contributed by atoms with Crippen molar-refractivity contribution in [1.29, 1.82) is 0 Å². The lowest BCUT2D eigenvalue weighted by atomic mass is 10.1. The molecule has 0 saturated carbocycles. The summed E-state index contributed by atoms with van der Waals surface area (Å²) in [5, 5.41) is 2.47. The summed E-state index contributed by atoms with van der Waals surface area (Å²) in [6.45, 7) is 6.47. The number of halogens is 2. The molecule has 23 heavy (non-hydrogen) atoms. The molecule has 1 rings (SSSR count). The predicted octanol–water partition coefficient (Wildman–Crippen LogP) is 3.37. The van der Waals surface area contributed by atoms with E-state index in [1.165, 1.54) is 13.0 Å². The number of ether oxygens (including phenoxy) is 2. The zero-order chi connectivity index (χ0) is 17.7. The Morgan fingerprint density at radius 3 is 2.43 bits per heavy atom. The maximum absolute atomic E-state index is 14.0. The zero-order valence-corrected chi connectivity index (χ0v) is 13.6. The Morgan fingerprint density at radius 2 is 1.87 bits per heavy atom. The minimum atomic E-state index is -3.74. The maximum atomic E-state index is 14.0. The van der Waals surface area contributed by atoms with Gasteiger partial charge < -0.3 is 14.8 Å². The van der Waals surface area contributed by atoms with Gasteiger partial charge in [0.05, 0.1) is 6.61 Å². The van der Waals surface area contributed by atoms with Gasteiger partial charge in [-0.15, -0.1) is 0 Å². The van der Waals surface area contributed by atoms with Gasteiger partial charge in [-0.25, -0.2) is 9.59 Å². The lowest BCUT2D eigenvalue weighted by molar-refractivity contribution is -0.173. The average molecular weight is 329 g/mol. The van der Waals surface area contributed by atoms with E-state index in [0.29, 0.717) is 5.56 Å². The quantitative estimate of drug-likeness (QED) is 0.841. The first kappa shape index (κ1) is 18.9. The number of hydrogen-bond donors (Lipinski definition) is 1. The molecule has 0 unspecified atom stereocenters. The monoisotopic (exact) mass is 329 g/mol. The van der Waals surface area contributed by atoms with Gasteiger partial charge in [-0.05, 0) is 39.3 Å². The highest BCUT2D eigenvalue weighted by atomic mass is 19.3. The molecule has 5 nitrogen and oxygen atoms in total. The van der Waals surface area contributed by atoms with Crippen molar-refractivity contribution in [2.75, 3.05) is 6.61 Å². The van der Waals surface area contributed by atoms with Crippen molar-refractivity contribution in [2.24, 2.45) is 0 Å². The molecule has 0 aliphatic heterocycles. The molecule has 0 aliphatic rings. The van der Waals surface area contributed by atoms with Crippen molar-refractivity contribution in [2.45, 2.75) is 45.8 Å². The molecule has 0 bridgehead atoms. The van der Waals surface area contributed by atoms with E-state index in [0.717, 1.165) is 12.1 Å². The van der Waals surface area contributed by atoms with E-state index in [1.54, 1.807) is 26.8 Å². The van der Waals surface area contributed by atoms with Crippen LogP contribution in [-0.4, -0.2) is 24.3 Å². The number of alkyl halides is 2. The number of esters is 1. The number of carbonyl (C=O) groups excluding carboxylic acids is 2. The number of amides is 1. The Balaban J connectivity index is 2.77. The minimum Gasteiger partial charge on any atom is -0.461 e. The minimum absolute atomic E-state index is 0.00165. The molecule has 0 saturated heterocycles. The van der Waals surface area contributed by atoms with E-state index in [9.17, 15) is 18.4 Å². The summed E-state index contributed by atoms with van der Waals surface area (Å²) >= 11 is 0. The lowest BCUT2D eigenvalue weighted by Gasteiger charge is -2.20. The molecular weight excluding hydrogens is 308 g/mol. The molecule has 0 spiro atoms. The van der Waals surface area contributed by atoms with Crippen molar-refractivity contribution >= 4 is 12.1 Å². The molecule has 1 amide bonds. The second-order valence-corrected chi connectivity index (χ2v) is 5.85. The third-order valence-electron chi connectivity index (χ3n) is 2.66. The maximum Gasteiger partial charge on any atom is 0.407 e. The number of carbonyl (C=O) groups is 2. The van der Waals surface area contributed by atoms with E-state index in [2.05, 4.69) is 10.1 Å². The number of hydrogen-bond acceptors (Lipinski definition) is 4. The smallest absolute Gasteiger partial charge is 0.407 e. The highest BCUT2D eigenvalue weighted by Crippen LogP contribution is 2.30. The average Bonchev–Trinajstić information content (AvgIpc) is 2.44. The summed E-state index contributed by atoms with van der Waals surface area (Å²) in [6.07, 6.45) is -0.653. The largest absolute Gasteiger partial charge is 0.461 e. The number of benzene rings is 1. The first-order chi connectivity index (χ1) is 10.6. The van der Waals surface area contributed by atoms with Gasteiger partial charge in [-0.3, -0.25) is 0 Å². The van der Waals surface area contributed by atoms with E-state index < -0.39 is 29.1 Å². The van der Waals surface area contributed by atoms with Crippen LogP contribution in [0.1, 0.15) is 38.8 Å². The van der Waals surface area contributed by atoms with Crippen molar-refractivity contribution in [3.05, 3.63) is 35.4 Å². The first-order valence-corrected chi connectivity index (χ1v) is 7.17. The molecule has 1 aromatic rings. The van der Waals surface area contributed by atoms with Gasteiger partial charge in [-0.1, -0.05) is 18.2 Å². The summed E-state index contributed by atoms with van der Waals surface area (Å²) < 4.78 is 37.3. The van der Waals surface area contributed by atoms with Crippen LogP contribution in [0, 0.1) is 0 Å². The fraction of sp³-hybridized carbons (Fsp3) is 0.500. The van der Waals surface area contributed by atoms with Crippen LogP contribution in [0.2, 0.25) is 0 Å². The first-order valence-electron chi connectivity index (χ1n) is 7.17. The van der Waals surface area contributed by atoms with Gasteiger partial charge in [0, 0.05) is 12.1 Å². The number of nitrogens with one attached hydrogen (secondary N) is 1. The summed E-state index contributed by atoms with van der Waals surface area (Å²) in [5.41, 5.74) is -0.722. The summed E-state index contributed by atoms with van der Waals surface area (Å²) in [7, 11) is 0. The molecule has 1 aromatic carbocycles. The highest BCUT2D eigenvalue weighted by molar-refractivity contribution is 5.79. The van der Waals surface area contributed by atoms with Crippen molar-refractivity contribution in [3.63, 3.8) is 0 Å². The van der Waals surface area contributed by atoms with Crippen LogP contribution in [0.3, 0.4) is 0 Å². The molecule has 0 atom stereocenters. The predicted molar refractivity (Wildman–Crippen MR) is 80.0 cm³/mol. The number of alkyl carbamates (subject to hydrolysis) is 1. The Kier molecular flexibility index (Phi) is 6.06. The molecule has 0 aliphatic carbocycles. The van der Waals surface area contributed by atoms with Gasteiger partial charge in [-0.2, -0.15) is 8.78 Å². The van der Waals surface area contributed by atoms with Crippen LogP contribution in [-0.2, 0) is 26.7 Å².